The van der Waals surface area contributed by atoms with Crippen molar-refractivity contribution in [2.45, 2.75) is 25.2 Å². The fraction of sp³-hybridized carbons (Fsp3) is 0.500. The highest BCUT2D eigenvalue weighted by Gasteiger charge is 2.23. The third-order valence-electron chi connectivity index (χ3n) is 2.66. The molecule has 0 atom stereocenters. The van der Waals surface area contributed by atoms with E-state index in [0.717, 1.165) is 0 Å². The molecule has 2 N–H and O–H groups in total. The van der Waals surface area contributed by atoms with E-state index in [2.05, 4.69) is 20.7 Å². The zero-order chi connectivity index (χ0) is 13.8. The Morgan fingerprint density at radius 3 is 2.50 bits per heavy atom. The van der Waals surface area contributed by atoms with Gasteiger partial charge in [0.1, 0.15) is 0 Å². The zero-order valence-electron chi connectivity index (χ0n) is 10.5. The monoisotopic (exact) mass is 335 g/mol. The van der Waals surface area contributed by atoms with Crippen LogP contribution in [0.15, 0.2) is 33.6 Å². The highest BCUT2D eigenvalue weighted by Crippen LogP contribution is 2.23. The smallest absolute Gasteiger partial charge is 0.241 e. The first-order chi connectivity index (χ1) is 8.28. The Kier molecular flexibility index (Phi) is 5.33. The summed E-state index contributed by atoms with van der Waals surface area (Å²) in [6.45, 7) is 4.15. The van der Waals surface area contributed by atoms with Crippen molar-refractivity contribution in [3.05, 3.63) is 28.7 Å². The predicted octanol–water partition coefficient (Wildman–Crippen LogP) is 2.14. The van der Waals surface area contributed by atoms with Gasteiger partial charge in [-0.1, -0.05) is 26.0 Å². The number of hydrogen-bond acceptors (Lipinski definition) is 3. The van der Waals surface area contributed by atoms with Crippen molar-refractivity contribution in [2.24, 2.45) is 5.41 Å². The SMILES string of the molecule is CC(C)(CCO)CNS(=O)(=O)c1ccccc1Br. The molecule has 0 aromatic heterocycles. The fourth-order valence-electron chi connectivity index (χ4n) is 1.42. The third-order valence-corrected chi connectivity index (χ3v) is 5.07. The molecule has 0 heterocycles. The van der Waals surface area contributed by atoms with E-state index < -0.39 is 10.0 Å². The molecule has 1 aromatic carbocycles. The maximum Gasteiger partial charge on any atom is 0.241 e. The highest BCUT2D eigenvalue weighted by atomic mass is 79.9. The standard InChI is InChI=1S/C12H18BrNO3S/c1-12(2,7-8-15)9-14-18(16,17)11-6-4-3-5-10(11)13/h3-6,14-15H,7-9H2,1-2H3. The van der Waals surface area contributed by atoms with Crippen LogP contribution in [-0.2, 0) is 10.0 Å². The summed E-state index contributed by atoms with van der Waals surface area (Å²) in [5, 5.41) is 8.91. The Hall–Kier alpha value is -0.430. The summed E-state index contributed by atoms with van der Waals surface area (Å²) in [6.07, 6.45) is 0.547. The van der Waals surface area contributed by atoms with Crippen LogP contribution in [0.5, 0.6) is 0 Å². The van der Waals surface area contributed by atoms with Crippen LogP contribution in [0.1, 0.15) is 20.3 Å². The second kappa shape index (κ2) is 6.14. The first kappa shape index (κ1) is 15.6. The van der Waals surface area contributed by atoms with Crippen molar-refractivity contribution in [2.75, 3.05) is 13.2 Å². The van der Waals surface area contributed by atoms with E-state index in [1.807, 2.05) is 13.8 Å². The molecule has 0 unspecified atom stereocenters. The van der Waals surface area contributed by atoms with Gasteiger partial charge in [-0.2, -0.15) is 0 Å². The second-order valence-electron chi connectivity index (χ2n) is 4.89. The van der Waals surface area contributed by atoms with Crippen molar-refractivity contribution in [3.8, 4) is 0 Å². The van der Waals surface area contributed by atoms with Gasteiger partial charge in [0.25, 0.3) is 0 Å². The Morgan fingerprint density at radius 1 is 1.33 bits per heavy atom. The van der Waals surface area contributed by atoms with Gasteiger partial charge in [-0.25, -0.2) is 13.1 Å². The summed E-state index contributed by atoms with van der Waals surface area (Å²) in [5.74, 6) is 0. The normalized spacial score (nSPS) is 12.7. The van der Waals surface area contributed by atoms with Gasteiger partial charge in [-0.05, 0) is 39.9 Å². The summed E-state index contributed by atoms with van der Waals surface area (Å²) in [4.78, 5) is 0.227. The molecule has 0 radical (unpaired) electrons. The predicted molar refractivity (Wildman–Crippen MR) is 74.8 cm³/mol. The lowest BCUT2D eigenvalue weighted by Crippen LogP contribution is -2.34. The van der Waals surface area contributed by atoms with Gasteiger partial charge in [-0.15, -0.1) is 0 Å². The lowest BCUT2D eigenvalue weighted by atomic mass is 9.90. The first-order valence-electron chi connectivity index (χ1n) is 5.63. The molecule has 0 saturated carbocycles. The topological polar surface area (TPSA) is 66.4 Å². The average Bonchev–Trinajstić information content (AvgIpc) is 2.27. The summed E-state index contributed by atoms with van der Waals surface area (Å²) < 4.78 is 27.3. The molecular formula is C12H18BrNO3S. The molecule has 0 aliphatic carbocycles. The molecule has 102 valence electrons. The molecule has 1 aromatic rings. The van der Waals surface area contributed by atoms with Gasteiger partial charge in [-0.3, -0.25) is 0 Å². The number of sulfonamides is 1. The van der Waals surface area contributed by atoms with Crippen LogP contribution in [-0.4, -0.2) is 26.7 Å². The Bertz CT molecular complexity index is 500. The van der Waals surface area contributed by atoms with Crippen molar-refractivity contribution >= 4 is 26.0 Å². The maximum absolute atomic E-state index is 12.1. The minimum Gasteiger partial charge on any atom is -0.396 e. The summed E-state index contributed by atoms with van der Waals surface area (Å²) >= 11 is 3.22. The molecule has 6 heteroatoms. The van der Waals surface area contributed by atoms with Gasteiger partial charge in [0, 0.05) is 17.6 Å². The van der Waals surface area contributed by atoms with E-state index in [4.69, 9.17) is 5.11 Å². The zero-order valence-corrected chi connectivity index (χ0v) is 12.9. The Morgan fingerprint density at radius 2 is 1.94 bits per heavy atom. The van der Waals surface area contributed by atoms with E-state index in [9.17, 15) is 8.42 Å². The maximum atomic E-state index is 12.1. The summed E-state index contributed by atoms with van der Waals surface area (Å²) in [6, 6.07) is 6.68. The van der Waals surface area contributed by atoms with Crippen LogP contribution in [0.4, 0.5) is 0 Å². The Labute approximate surface area is 117 Å². The quantitative estimate of drug-likeness (QED) is 0.836. The lowest BCUT2D eigenvalue weighted by molar-refractivity contribution is 0.213. The van der Waals surface area contributed by atoms with Crippen molar-refractivity contribution in [1.82, 2.24) is 4.72 Å². The third kappa shape index (κ3) is 4.35. The van der Waals surface area contributed by atoms with Crippen LogP contribution in [0.3, 0.4) is 0 Å². The molecule has 1 rings (SSSR count). The van der Waals surface area contributed by atoms with Gasteiger partial charge in [0.2, 0.25) is 10.0 Å². The van der Waals surface area contributed by atoms with Gasteiger partial charge < -0.3 is 5.11 Å². The van der Waals surface area contributed by atoms with Gasteiger partial charge in [0.15, 0.2) is 0 Å². The molecule has 0 spiro atoms. The van der Waals surface area contributed by atoms with E-state index in [1.165, 1.54) is 0 Å². The number of halogens is 1. The molecule has 4 nitrogen and oxygen atoms in total. The van der Waals surface area contributed by atoms with E-state index in [0.29, 0.717) is 10.9 Å². The molecule has 0 saturated heterocycles. The number of aliphatic hydroxyl groups excluding tert-OH is 1. The van der Waals surface area contributed by atoms with E-state index in [-0.39, 0.29) is 23.5 Å². The number of nitrogens with one attached hydrogen (secondary N) is 1. The number of hydrogen-bond donors (Lipinski definition) is 2. The van der Waals surface area contributed by atoms with Crippen LogP contribution in [0.2, 0.25) is 0 Å². The summed E-state index contributed by atoms with van der Waals surface area (Å²) in [5.41, 5.74) is -0.275. The van der Waals surface area contributed by atoms with E-state index in [1.54, 1.807) is 24.3 Å². The van der Waals surface area contributed by atoms with Crippen molar-refractivity contribution in [3.63, 3.8) is 0 Å². The second-order valence-corrected chi connectivity index (χ2v) is 7.48. The molecule has 0 amide bonds. The largest absolute Gasteiger partial charge is 0.396 e. The first-order valence-corrected chi connectivity index (χ1v) is 7.91. The number of rotatable bonds is 6. The number of benzene rings is 1. The van der Waals surface area contributed by atoms with Crippen molar-refractivity contribution < 1.29 is 13.5 Å². The molecule has 0 fully saturated rings. The molecule has 0 bridgehead atoms. The Balaban J connectivity index is 2.81. The summed E-state index contributed by atoms with van der Waals surface area (Å²) in [7, 11) is -3.52. The average molecular weight is 336 g/mol. The van der Waals surface area contributed by atoms with Crippen LogP contribution in [0.25, 0.3) is 0 Å². The number of aliphatic hydroxyl groups is 1. The molecule has 0 aliphatic rings. The van der Waals surface area contributed by atoms with Crippen LogP contribution < -0.4 is 4.72 Å². The van der Waals surface area contributed by atoms with Crippen LogP contribution in [0, 0.1) is 5.41 Å². The molecule has 0 aliphatic heterocycles. The van der Waals surface area contributed by atoms with Crippen molar-refractivity contribution in [1.29, 1.82) is 0 Å². The highest BCUT2D eigenvalue weighted by molar-refractivity contribution is 9.10. The molecular weight excluding hydrogens is 318 g/mol. The van der Waals surface area contributed by atoms with E-state index >= 15 is 0 Å². The van der Waals surface area contributed by atoms with Gasteiger partial charge >= 0.3 is 0 Å². The minimum absolute atomic E-state index is 0.0454. The van der Waals surface area contributed by atoms with Gasteiger partial charge in [0.05, 0.1) is 4.90 Å². The lowest BCUT2D eigenvalue weighted by Gasteiger charge is -2.23. The minimum atomic E-state index is -3.52. The van der Waals surface area contributed by atoms with Crippen LogP contribution >= 0.6 is 15.9 Å². The fourth-order valence-corrected chi connectivity index (χ4v) is 3.66. The molecule has 18 heavy (non-hydrogen) atoms.